The van der Waals surface area contributed by atoms with Crippen LogP contribution in [-0.4, -0.2) is 28.8 Å². The van der Waals surface area contributed by atoms with E-state index in [0.29, 0.717) is 16.0 Å². The van der Waals surface area contributed by atoms with Gasteiger partial charge in [0.15, 0.2) is 0 Å². The number of hydrogen-bond acceptors (Lipinski definition) is 6. The average molecular weight is 418 g/mol. The Hall–Kier alpha value is -3.78. The molecule has 0 unspecified atom stereocenters. The summed E-state index contributed by atoms with van der Waals surface area (Å²) in [4.78, 5) is 30.9. The van der Waals surface area contributed by atoms with Crippen molar-refractivity contribution >= 4 is 33.7 Å². The number of aromatic nitrogens is 2. The average Bonchev–Trinajstić information content (AvgIpc) is 3.22. The number of rotatable bonds is 6. The van der Waals surface area contributed by atoms with Crippen molar-refractivity contribution in [3.8, 4) is 16.2 Å². The van der Waals surface area contributed by atoms with Gasteiger partial charge in [0, 0.05) is 4.88 Å². The van der Waals surface area contributed by atoms with Gasteiger partial charge in [-0.25, -0.2) is 10.4 Å². The third-order valence-corrected chi connectivity index (χ3v) is 5.48. The van der Waals surface area contributed by atoms with Crippen LogP contribution >= 0.6 is 11.3 Å². The van der Waals surface area contributed by atoms with Gasteiger partial charge in [-0.1, -0.05) is 42.5 Å². The van der Waals surface area contributed by atoms with E-state index in [1.165, 1.54) is 28.4 Å². The van der Waals surface area contributed by atoms with Gasteiger partial charge in [0.2, 0.25) is 0 Å². The van der Waals surface area contributed by atoms with E-state index >= 15 is 0 Å². The van der Waals surface area contributed by atoms with Crippen molar-refractivity contribution in [1.82, 2.24) is 15.0 Å². The smallest absolute Gasteiger partial charge is 0.262 e. The molecule has 4 rings (SSSR count). The quantitative estimate of drug-likeness (QED) is 0.385. The fourth-order valence-electron chi connectivity index (χ4n) is 2.91. The molecule has 2 heterocycles. The normalized spacial score (nSPS) is 11.1. The first-order chi connectivity index (χ1) is 14.6. The summed E-state index contributed by atoms with van der Waals surface area (Å²) in [5, 5.41) is 4.43. The van der Waals surface area contributed by atoms with Crippen molar-refractivity contribution in [1.29, 1.82) is 0 Å². The number of hydrogen-bond donors (Lipinski definition) is 1. The lowest BCUT2D eigenvalue weighted by atomic mass is 10.2. The molecule has 0 fully saturated rings. The highest BCUT2D eigenvalue weighted by atomic mass is 32.1. The second-order valence-corrected chi connectivity index (χ2v) is 7.47. The number of benzene rings is 2. The summed E-state index contributed by atoms with van der Waals surface area (Å²) in [6.45, 7) is -0.173. The van der Waals surface area contributed by atoms with E-state index in [1.807, 2.05) is 54.6 Å². The zero-order valence-electron chi connectivity index (χ0n) is 16.1. The first-order valence-electron chi connectivity index (χ1n) is 9.14. The van der Waals surface area contributed by atoms with Crippen LogP contribution in [-0.2, 0) is 11.3 Å². The Morgan fingerprint density at radius 3 is 2.83 bits per heavy atom. The Balaban J connectivity index is 1.48. The van der Waals surface area contributed by atoms with Crippen LogP contribution in [0.3, 0.4) is 0 Å². The molecule has 0 bridgehead atoms. The fourth-order valence-corrected chi connectivity index (χ4v) is 3.90. The SMILES string of the molecule is COc1cccc(/C=N/NC(=O)Cn2cnc3sc(-c4ccccc4)cc3c2=O)c1. The molecule has 0 saturated carbocycles. The van der Waals surface area contributed by atoms with Crippen LogP contribution in [0.2, 0.25) is 0 Å². The first kappa shape index (κ1) is 19.5. The summed E-state index contributed by atoms with van der Waals surface area (Å²) in [5.41, 5.74) is 3.97. The molecule has 4 aromatic rings. The maximum Gasteiger partial charge on any atom is 0.262 e. The van der Waals surface area contributed by atoms with E-state index in [4.69, 9.17) is 4.74 Å². The first-order valence-corrected chi connectivity index (χ1v) is 9.96. The van der Waals surface area contributed by atoms with Crippen molar-refractivity contribution in [3.63, 3.8) is 0 Å². The number of nitrogens with one attached hydrogen (secondary N) is 1. The number of carbonyl (C=O) groups is 1. The standard InChI is InChI=1S/C22H18N4O3S/c1-29-17-9-5-6-15(10-17)12-24-25-20(27)13-26-14-23-21-18(22(26)28)11-19(30-21)16-7-3-2-4-8-16/h2-12,14H,13H2,1H3,(H,25,27)/b24-12+. The Bertz CT molecular complexity index is 1280. The summed E-state index contributed by atoms with van der Waals surface area (Å²) in [6.07, 6.45) is 2.90. The molecular formula is C22H18N4O3S. The fraction of sp³-hybridized carbons (Fsp3) is 0.0909. The van der Waals surface area contributed by atoms with Crippen molar-refractivity contribution in [2.45, 2.75) is 6.54 Å². The van der Waals surface area contributed by atoms with Crippen molar-refractivity contribution in [3.05, 3.63) is 82.9 Å². The lowest BCUT2D eigenvalue weighted by Crippen LogP contribution is -2.29. The third kappa shape index (κ3) is 4.28. The Labute approximate surface area is 176 Å². The number of ether oxygens (including phenoxy) is 1. The Morgan fingerprint density at radius 1 is 1.20 bits per heavy atom. The number of hydrazone groups is 1. The number of carbonyl (C=O) groups excluding carboxylic acids is 1. The zero-order chi connectivity index (χ0) is 20.9. The molecule has 0 aliphatic rings. The molecule has 2 aromatic carbocycles. The molecule has 2 aromatic heterocycles. The summed E-state index contributed by atoms with van der Waals surface area (Å²) in [6, 6.07) is 18.9. The monoisotopic (exact) mass is 418 g/mol. The minimum absolute atomic E-state index is 0.173. The summed E-state index contributed by atoms with van der Waals surface area (Å²) < 4.78 is 6.42. The second-order valence-electron chi connectivity index (χ2n) is 6.44. The zero-order valence-corrected chi connectivity index (χ0v) is 16.9. The van der Waals surface area contributed by atoms with Gasteiger partial charge in [0.05, 0.1) is 25.0 Å². The summed E-state index contributed by atoms with van der Waals surface area (Å²) in [7, 11) is 1.58. The van der Waals surface area contributed by atoms with Crippen LogP contribution in [0.4, 0.5) is 0 Å². The predicted molar refractivity (Wildman–Crippen MR) is 118 cm³/mol. The number of thiophene rings is 1. The van der Waals surface area contributed by atoms with Gasteiger partial charge >= 0.3 is 0 Å². The molecule has 0 saturated heterocycles. The summed E-state index contributed by atoms with van der Waals surface area (Å²) in [5.74, 6) is 0.276. The molecule has 150 valence electrons. The van der Waals surface area contributed by atoms with Gasteiger partial charge < -0.3 is 4.74 Å². The van der Waals surface area contributed by atoms with Crippen molar-refractivity contribution in [2.24, 2.45) is 5.10 Å². The van der Waals surface area contributed by atoms with Crippen LogP contribution in [0.25, 0.3) is 20.7 Å². The Morgan fingerprint density at radius 2 is 2.03 bits per heavy atom. The third-order valence-electron chi connectivity index (χ3n) is 4.39. The van der Waals surface area contributed by atoms with Crippen LogP contribution in [0.1, 0.15) is 5.56 Å². The van der Waals surface area contributed by atoms with E-state index in [1.54, 1.807) is 13.2 Å². The lowest BCUT2D eigenvalue weighted by molar-refractivity contribution is -0.121. The molecule has 1 N–H and O–H groups in total. The van der Waals surface area contributed by atoms with Crippen LogP contribution in [0, 0.1) is 0 Å². The number of fused-ring (bicyclic) bond motifs is 1. The number of amides is 1. The molecular weight excluding hydrogens is 400 g/mol. The molecule has 0 atom stereocenters. The van der Waals surface area contributed by atoms with E-state index in [2.05, 4.69) is 15.5 Å². The maximum atomic E-state index is 12.8. The van der Waals surface area contributed by atoms with Crippen LogP contribution in [0.15, 0.2) is 76.9 Å². The number of nitrogens with zero attached hydrogens (tertiary/aromatic N) is 3. The Kier molecular flexibility index (Phi) is 5.67. The topological polar surface area (TPSA) is 85.6 Å². The molecule has 7 nitrogen and oxygen atoms in total. The molecule has 8 heteroatoms. The number of methoxy groups -OCH3 is 1. The van der Waals surface area contributed by atoms with Gasteiger partial charge in [0.1, 0.15) is 17.1 Å². The van der Waals surface area contributed by atoms with E-state index in [9.17, 15) is 9.59 Å². The summed E-state index contributed by atoms with van der Waals surface area (Å²) >= 11 is 1.45. The van der Waals surface area contributed by atoms with Gasteiger partial charge in [-0.3, -0.25) is 14.2 Å². The highest BCUT2D eigenvalue weighted by molar-refractivity contribution is 7.21. The predicted octanol–water partition coefficient (Wildman–Crippen LogP) is 3.28. The largest absolute Gasteiger partial charge is 0.497 e. The minimum atomic E-state index is -0.420. The highest BCUT2D eigenvalue weighted by Crippen LogP contribution is 2.30. The van der Waals surface area contributed by atoms with Crippen LogP contribution in [0.5, 0.6) is 5.75 Å². The molecule has 0 spiro atoms. The van der Waals surface area contributed by atoms with Gasteiger partial charge in [-0.05, 0) is 29.3 Å². The van der Waals surface area contributed by atoms with Crippen LogP contribution < -0.4 is 15.7 Å². The second kappa shape index (κ2) is 8.71. The molecule has 30 heavy (non-hydrogen) atoms. The highest BCUT2D eigenvalue weighted by Gasteiger charge is 2.12. The molecule has 0 aliphatic carbocycles. The van der Waals surface area contributed by atoms with Gasteiger partial charge in [0.25, 0.3) is 11.5 Å². The van der Waals surface area contributed by atoms with Gasteiger partial charge in [-0.2, -0.15) is 5.10 Å². The van der Waals surface area contributed by atoms with Crippen molar-refractivity contribution < 1.29 is 9.53 Å². The van der Waals surface area contributed by atoms with E-state index in [-0.39, 0.29) is 12.1 Å². The minimum Gasteiger partial charge on any atom is -0.497 e. The van der Waals surface area contributed by atoms with Gasteiger partial charge in [-0.15, -0.1) is 11.3 Å². The molecule has 1 amide bonds. The van der Waals surface area contributed by atoms with E-state index in [0.717, 1.165) is 16.0 Å². The van der Waals surface area contributed by atoms with Crippen molar-refractivity contribution in [2.75, 3.05) is 7.11 Å². The molecule has 0 aliphatic heterocycles. The molecule has 0 radical (unpaired) electrons. The maximum absolute atomic E-state index is 12.8. The lowest BCUT2D eigenvalue weighted by Gasteiger charge is -2.04. The van der Waals surface area contributed by atoms with E-state index < -0.39 is 5.91 Å².